The fourth-order valence-corrected chi connectivity index (χ4v) is 5.14. The Labute approximate surface area is 176 Å². The zero-order chi connectivity index (χ0) is 21.8. The van der Waals surface area contributed by atoms with Gasteiger partial charge in [0.25, 0.3) is 0 Å². The van der Waals surface area contributed by atoms with Crippen molar-refractivity contribution in [2.75, 3.05) is 38.2 Å². The van der Waals surface area contributed by atoms with Gasteiger partial charge in [0.2, 0.25) is 5.91 Å². The van der Waals surface area contributed by atoms with Crippen molar-refractivity contribution >= 4 is 22.0 Å². The largest absolute Gasteiger partial charge is 0.328 e. The second-order valence-electron chi connectivity index (χ2n) is 8.66. The molecule has 0 radical (unpaired) electrons. The van der Waals surface area contributed by atoms with Gasteiger partial charge >= 0.3 is 6.03 Å². The fourth-order valence-electron chi connectivity index (χ4n) is 3.86. The molecule has 1 aromatic rings. The number of benzene rings is 1. The smallest absolute Gasteiger partial charge is 0.303 e. The summed E-state index contributed by atoms with van der Waals surface area (Å²) in [6.07, 6.45) is 8.52. The lowest BCUT2D eigenvalue weighted by Crippen LogP contribution is -2.65. The van der Waals surface area contributed by atoms with Gasteiger partial charge in [0.1, 0.15) is 0 Å². The van der Waals surface area contributed by atoms with Crippen LogP contribution in [-0.4, -0.2) is 71.0 Å². The molecule has 1 heterocycles. The third-order valence-corrected chi connectivity index (χ3v) is 6.33. The van der Waals surface area contributed by atoms with Gasteiger partial charge in [0.15, 0.2) is 0 Å². The Morgan fingerprint density at radius 3 is 2.45 bits per heavy atom. The van der Waals surface area contributed by atoms with Crippen LogP contribution in [-0.2, 0) is 11.3 Å². The first kappa shape index (κ1) is 23.2. The van der Waals surface area contributed by atoms with E-state index in [1.54, 1.807) is 18.0 Å². The Bertz CT molecular complexity index is 784. The number of carbonyl (C=O) groups excluding carboxylic acids is 2. The first-order valence-electron chi connectivity index (χ1n) is 10.1. The van der Waals surface area contributed by atoms with E-state index in [2.05, 4.69) is 36.7 Å². The molecule has 0 aliphatic carbocycles. The topological polar surface area (TPSA) is 67.7 Å². The van der Waals surface area contributed by atoms with E-state index in [4.69, 9.17) is 0 Å². The molecule has 1 aliphatic rings. The van der Waals surface area contributed by atoms with E-state index in [0.717, 1.165) is 30.8 Å². The molecule has 0 aromatic heterocycles. The van der Waals surface area contributed by atoms with Crippen LogP contribution in [0.25, 0.3) is 0 Å². The highest BCUT2D eigenvalue weighted by molar-refractivity contribution is 8.32. The average Bonchev–Trinajstić information content (AvgIpc) is 2.67. The molecule has 1 fully saturated rings. The van der Waals surface area contributed by atoms with Crippen molar-refractivity contribution in [3.8, 4) is 6.07 Å². The molecule has 6 nitrogen and oxygen atoms in total. The van der Waals surface area contributed by atoms with E-state index >= 15 is 0 Å². The van der Waals surface area contributed by atoms with Crippen LogP contribution in [0, 0.1) is 17.2 Å². The Kier molecular flexibility index (Phi) is 7.73. The maximum atomic E-state index is 13.2. The molecule has 0 spiro atoms. The van der Waals surface area contributed by atoms with Gasteiger partial charge in [-0.1, -0.05) is 38.5 Å². The van der Waals surface area contributed by atoms with Gasteiger partial charge in [-0.15, -0.1) is 0 Å². The van der Waals surface area contributed by atoms with Crippen LogP contribution in [0.1, 0.15) is 37.8 Å². The molecule has 0 N–H and O–H groups in total. The number of nitrogens with zero attached hydrogens (tertiary/aromatic N) is 4. The molecule has 1 saturated heterocycles. The van der Waals surface area contributed by atoms with Crippen LogP contribution < -0.4 is 0 Å². The highest BCUT2D eigenvalue weighted by Crippen LogP contribution is 2.38. The summed E-state index contributed by atoms with van der Waals surface area (Å²) in [6, 6.07) is 9.28. The molecule has 1 aromatic carbocycles. The minimum absolute atomic E-state index is 0.143. The number of urea groups is 1. The summed E-state index contributed by atoms with van der Waals surface area (Å²) in [4.78, 5) is 31.3. The summed E-state index contributed by atoms with van der Waals surface area (Å²) < 4.78 is 0. The van der Waals surface area contributed by atoms with E-state index in [1.165, 1.54) is 4.90 Å². The van der Waals surface area contributed by atoms with Gasteiger partial charge in [-0.2, -0.15) is 5.26 Å². The highest BCUT2D eigenvalue weighted by atomic mass is 32.3. The van der Waals surface area contributed by atoms with Crippen LogP contribution in [0.5, 0.6) is 0 Å². The Morgan fingerprint density at radius 2 is 1.86 bits per heavy atom. The second kappa shape index (κ2) is 9.64. The molecule has 2 unspecified atom stereocenters. The summed E-state index contributed by atoms with van der Waals surface area (Å²) in [5, 5.41) is 9.48. The minimum atomic E-state index is -0.873. The quantitative estimate of drug-likeness (QED) is 0.646. The maximum absolute atomic E-state index is 13.2. The van der Waals surface area contributed by atoms with E-state index in [9.17, 15) is 14.9 Å². The number of amides is 3. The lowest BCUT2D eigenvalue weighted by molar-refractivity contribution is -0.141. The molecular weight excluding hydrogens is 384 g/mol. The van der Waals surface area contributed by atoms with Crippen molar-refractivity contribution in [3.05, 3.63) is 35.4 Å². The predicted molar refractivity (Wildman–Crippen MR) is 120 cm³/mol. The van der Waals surface area contributed by atoms with Gasteiger partial charge < -0.3 is 4.90 Å². The normalized spacial score (nSPS) is 20.9. The van der Waals surface area contributed by atoms with Gasteiger partial charge in [-0.05, 0) is 36.8 Å². The van der Waals surface area contributed by atoms with Gasteiger partial charge in [0.05, 0.1) is 30.3 Å². The highest BCUT2D eigenvalue weighted by Gasteiger charge is 2.45. The Morgan fingerprint density at radius 1 is 1.21 bits per heavy atom. The monoisotopic (exact) mass is 418 g/mol. The zero-order valence-electron chi connectivity index (χ0n) is 18.5. The summed E-state index contributed by atoms with van der Waals surface area (Å²) in [5.74, 6) is 0.392. The third-order valence-electron chi connectivity index (χ3n) is 5.22. The summed E-state index contributed by atoms with van der Waals surface area (Å²) in [5.41, 5.74) is 1.37. The molecule has 1 aliphatic heterocycles. The molecule has 0 bridgehead atoms. The third kappa shape index (κ3) is 5.52. The zero-order valence-corrected chi connectivity index (χ0v) is 19.3. The van der Waals surface area contributed by atoms with Crippen molar-refractivity contribution in [2.24, 2.45) is 5.92 Å². The van der Waals surface area contributed by atoms with Gasteiger partial charge in [0, 0.05) is 19.5 Å². The second-order valence-corrected chi connectivity index (χ2v) is 13.1. The molecule has 7 heteroatoms. The number of unbranched alkanes of at least 4 members (excludes halogenated alkanes) is 1. The Balaban J connectivity index is 2.47. The van der Waals surface area contributed by atoms with Crippen molar-refractivity contribution in [3.63, 3.8) is 0 Å². The van der Waals surface area contributed by atoms with Crippen molar-refractivity contribution in [1.29, 1.82) is 5.26 Å². The minimum Gasteiger partial charge on any atom is -0.303 e. The standard InChI is InChI=1S/C22H34N4O2S/c1-7-8-13-25(16-29(4,5)6)20-17(2)21(27)24(3)22(28)26(20)15-19-12-10-9-11-18(19)14-23/h9-12,17,20H,7-8,13,15-16H2,1-6H3. The molecule has 0 saturated carbocycles. The van der Waals surface area contributed by atoms with Crippen LogP contribution in [0.2, 0.25) is 0 Å². The van der Waals surface area contributed by atoms with Gasteiger partial charge in [-0.3, -0.25) is 14.6 Å². The SMILES string of the molecule is CCCCN(CS(C)(C)C)C1C(C)C(=O)N(C)C(=O)N1Cc1ccccc1C#N. The molecule has 160 valence electrons. The van der Waals surface area contributed by atoms with Crippen LogP contribution in [0.3, 0.4) is 0 Å². The number of rotatable bonds is 8. The van der Waals surface area contributed by atoms with Crippen molar-refractivity contribution in [1.82, 2.24) is 14.7 Å². The number of imide groups is 1. The predicted octanol–water partition coefficient (Wildman–Crippen LogP) is 3.67. The number of carbonyl (C=O) groups is 2. The molecule has 2 rings (SSSR count). The van der Waals surface area contributed by atoms with E-state index in [1.807, 2.05) is 25.1 Å². The molecule has 2 atom stereocenters. The summed E-state index contributed by atoms with van der Waals surface area (Å²) in [7, 11) is 0.674. The molecule has 3 amide bonds. The summed E-state index contributed by atoms with van der Waals surface area (Å²) in [6.45, 7) is 5.22. The number of nitriles is 1. The van der Waals surface area contributed by atoms with Crippen molar-refractivity contribution < 1.29 is 9.59 Å². The molecular formula is C22H34N4O2S. The lowest BCUT2D eigenvalue weighted by Gasteiger charge is -2.49. The molecule has 29 heavy (non-hydrogen) atoms. The van der Waals surface area contributed by atoms with Crippen LogP contribution in [0.15, 0.2) is 24.3 Å². The van der Waals surface area contributed by atoms with Gasteiger partial charge in [-0.25, -0.2) is 14.8 Å². The van der Waals surface area contributed by atoms with Crippen LogP contribution >= 0.6 is 10.0 Å². The first-order chi connectivity index (χ1) is 13.6. The van der Waals surface area contributed by atoms with E-state index < -0.39 is 10.0 Å². The number of hydrogen-bond acceptors (Lipinski definition) is 4. The maximum Gasteiger partial charge on any atom is 0.328 e. The summed E-state index contributed by atoms with van der Waals surface area (Å²) >= 11 is 0. The van der Waals surface area contributed by atoms with Crippen LogP contribution in [0.4, 0.5) is 4.79 Å². The van der Waals surface area contributed by atoms with E-state index in [-0.39, 0.29) is 24.0 Å². The Hall–Kier alpha value is -2.04. The lowest BCUT2D eigenvalue weighted by atomic mass is 9.99. The van der Waals surface area contributed by atoms with Crippen molar-refractivity contribution in [2.45, 2.75) is 39.4 Å². The number of hydrogen-bond donors (Lipinski definition) is 0. The fraction of sp³-hybridized carbons (Fsp3) is 0.591. The van der Waals surface area contributed by atoms with E-state index in [0.29, 0.717) is 12.1 Å². The first-order valence-corrected chi connectivity index (χ1v) is 13.1. The average molecular weight is 419 g/mol.